The van der Waals surface area contributed by atoms with Crippen LogP contribution in [0.1, 0.15) is 29.2 Å². The van der Waals surface area contributed by atoms with Gasteiger partial charge < -0.3 is 10.1 Å². The van der Waals surface area contributed by atoms with E-state index in [9.17, 15) is 22.8 Å². The lowest BCUT2D eigenvalue weighted by molar-refractivity contribution is -0.137. The zero-order chi connectivity index (χ0) is 26.3. The van der Waals surface area contributed by atoms with Crippen LogP contribution < -0.4 is 15.6 Å². The molecule has 0 unspecified atom stereocenters. The van der Waals surface area contributed by atoms with Crippen molar-refractivity contribution in [1.82, 2.24) is 9.36 Å². The highest BCUT2D eigenvalue weighted by Crippen LogP contribution is 2.38. The summed E-state index contributed by atoms with van der Waals surface area (Å²) in [5, 5.41) is 2.83. The van der Waals surface area contributed by atoms with Crippen LogP contribution in [0.25, 0.3) is 5.69 Å². The number of nitrogens with zero attached hydrogens (tertiary/aromatic N) is 2. The van der Waals surface area contributed by atoms with Crippen LogP contribution in [0.3, 0.4) is 0 Å². The Morgan fingerprint density at radius 1 is 1.08 bits per heavy atom. The van der Waals surface area contributed by atoms with Crippen LogP contribution in [0.5, 0.6) is 11.6 Å². The quantitative estimate of drug-likeness (QED) is 0.295. The topological polar surface area (TPSA) is 65.3 Å². The average Bonchev–Trinajstić information content (AvgIpc) is 3.12. The molecule has 1 amide bonds. The number of halogens is 4. The van der Waals surface area contributed by atoms with Gasteiger partial charge in [-0.15, -0.1) is 0 Å². The molecule has 190 valence electrons. The van der Waals surface area contributed by atoms with Crippen molar-refractivity contribution in [2.75, 3.05) is 5.32 Å². The van der Waals surface area contributed by atoms with Crippen molar-refractivity contribution in [3.63, 3.8) is 0 Å². The first-order valence-electron chi connectivity index (χ1n) is 11.5. The summed E-state index contributed by atoms with van der Waals surface area (Å²) in [5.74, 6) is -0.121. The Labute approximate surface area is 214 Å². The molecule has 37 heavy (non-hydrogen) atoms. The molecule has 0 spiro atoms. The molecule has 10 heteroatoms. The van der Waals surface area contributed by atoms with E-state index in [2.05, 4.69) is 5.32 Å². The number of rotatable bonds is 5. The van der Waals surface area contributed by atoms with Crippen molar-refractivity contribution in [3.8, 4) is 17.3 Å². The van der Waals surface area contributed by atoms with Gasteiger partial charge in [-0.05, 0) is 54.4 Å². The highest BCUT2D eigenvalue weighted by molar-refractivity contribution is 6.30. The number of hydrogen-bond donors (Lipinski definition) is 1. The summed E-state index contributed by atoms with van der Waals surface area (Å²) in [6.45, 7) is 1.54. The van der Waals surface area contributed by atoms with Crippen LogP contribution in [0, 0.1) is 0 Å². The fourth-order valence-corrected chi connectivity index (χ4v) is 4.55. The van der Waals surface area contributed by atoms with E-state index >= 15 is 0 Å². The normalized spacial score (nSPS) is 12.5. The number of para-hydroxylation sites is 1. The Morgan fingerprint density at radius 3 is 2.51 bits per heavy atom. The van der Waals surface area contributed by atoms with Gasteiger partial charge in [-0.3, -0.25) is 9.59 Å². The Bertz CT molecular complexity index is 1560. The third kappa shape index (κ3) is 4.74. The van der Waals surface area contributed by atoms with Crippen LogP contribution in [-0.4, -0.2) is 15.3 Å². The highest BCUT2D eigenvalue weighted by Gasteiger charge is 2.34. The zero-order valence-corrected chi connectivity index (χ0v) is 20.4. The summed E-state index contributed by atoms with van der Waals surface area (Å²) in [5.41, 5.74) is 0.846. The van der Waals surface area contributed by atoms with E-state index in [0.29, 0.717) is 27.6 Å². The molecule has 3 aromatic carbocycles. The predicted octanol–water partition coefficient (Wildman–Crippen LogP) is 6.21. The third-order valence-corrected chi connectivity index (χ3v) is 6.41. The van der Waals surface area contributed by atoms with Gasteiger partial charge in [-0.25, -0.2) is 9.36 Å². The van der Waals surface area contributed by atoms with Gasteiger partial charge in [-0.2, -0.15) is 13.2 Å². The van der Waals surface area contributed by atoms with E-state index in [1.54, 1.807) is 30.3 Å². The number of carbonyl (C=O) groups is 1. The molecule has 1 N–H and O–H groups in total. The molecule has 0 radical (unpaired) electrons. The largest absolute Gasteiger partial charge is 0.439 e. The number of fused-ring (bicyclic) bond motifs is 2. The fraction of sp³-hybridized carbons (Fsp3) is 0.185. The number of ether oxygens (including phenoxy) is 1. The van der Waals surface area contributed by atoms with Gasteiger partial charge in [0, 0.05) is 17.0 Å². The van der Waals surface area contributed by atoms with Crippen molar-refractivity contribution >= 4 is 23.2 Å². The number of nitrogens with one attached hydrogen (secondary N) is 1. The van der Waals surface area contributed by atoms with E-state index in [4.69, 9.17) is 16.3 Å². The second kappa shape index (κ2) is 9.48. The van der Waals surface area contributed by atoms with Gasteiger partial charge in [0.15, 0.2) is 0 Å². The Morgan fingerprint density at radius 2 is 1.81 bits per heavy atom. The molecule has 0 aliphatic carbocycles. The lowest BCUT2D eigenvalue weighted by Crippen LogP contribution is -2.28. The van der Waals surface area contributed by atoms with Crippen molar-refractivity contribution in [1.29, 1.82) is 0 Å². The summed E-state index contributed by atoms with van der Waals surface area (Å²) >= 11 is 6.12. The van der Waals surface area contributed by atoms with Gasteiger partial charge in [-0.1, -0.05) is 42.8 Å². The standard InChI is InChI=1S/C27H21ClF3N3O3/c1-2-16-7-10-19(11-8-16)34-25(36)20-14-17-13-18(28)9-12-23(17)37-26(20)33(34)15-24(35)32-22-6-4-3-5-21(22)27(29,30)31/h3-13H,2,14-15H2,1H3,(H,32,35). The van der Waals surface area contributed by atoms with Crippen molar-refractivity contribution < 1.29 is 22.7 Å². The maximum absolute atomic E-state index is 13.6. The third-order valence-electron chi connectivity index (χ3n) is 6.17. The second-order valence-corrected chi connectivity index (χ2v) is 9.04. The predicted molar refractivity (Wildman–Crippen MR) is 134 cm³/mol. The van der Waals surface area contributed by atoms with E-state index in [1.165, 1.54) is 27.6 Å². The molecular formula is C27H21ClF3N3O3. The van der Waals surface area contributed by atoms with E-state index in [-0.39, 0.29) is 18.0 Å². The van der Waals surface area contributed by atoms with E-state index in [1.807, 2.05) is 19.1 Å². The summed E-state index contributed by atoms with van der Waals surface area (Å²) in [4.78, 5) is 26.6. The molecule has 0 bridgehead atoms. The van der Waals surface area contributed by atoms with Crippen LogP contribution in [0.15, 0.2) is 71.5 Å². The van der Waals surface area contributed by atoms with Gasteiger partial charge in [0.2, 0.25) is 11.8 Å². The fourth-order valence-electron chi connectivity index (χ4n) is 4.36. The summed E-state index contributed by atoms with van der Waals surface area (Å²) in [6.07, 6.45) is -3.62. The number of aromatic nitrogens is 2. The summed E-state index contributed by atoms with van der Waals surface area (Å²) in [7, 11) is 0. The number of carbonyl (C=O) groups excluding carboxylic acids is 1. The zero-order valence-electron chi connectivity index (χ0n) is 19.6. The molecular weight excluding hydrogens is 507 g/mol. The van der Waals surface area contributed by atoms with Crippen molar-refractivity contribution in [2.45, 2.75) is 32.5 Å². The average molecular weight is 528 g/mol. The number of benzene rings is 3. The van der Waals surface area contributed by atoms with Crippen molar-refractivity contribution in [2.24, 2.45) is 0 Å². The second-order valence-electron chi connectivity index (χ2n) is 8.60. The summed E-state index contributed by atoms with van der Waals surface area (Å²) < 4.78 is 49.0. The minimum absolute atomic E-state index is 0.152. The monoisotopic (exact) mass is 527 g/mol. The molecule has 1 aliphatic heterocycles. The molecule has 0 atom stereocenters. The van der Waals surface area contributed by atoms with Crippen LogP contribution in [0.4, 0.5) is 18.9 Å². The van der Waals surface area contributed by atoms with Crippen molar-refractivity contribution in [3.05, 3.63) is 104 Å². The Hall–Kier alpha value is -3.98. The maximum atomic E-state index is 13.6. The molecule has 4 aromatic rings. The minimum Gasteiger partial charge on any atom is -0.439 e. The molecule has 0 saturated heterocycles. The van der Waals surface area contributed by atoms with E-state index < -0.39 is 29.8 Å². The first kappa shape index (κ1) is 24.7. The van der Waals surface area contributed by atoms with E-state index in [0.717, 1.165) is 18.1 Å². The molecule has 1 aromatic heterocycles. The van der Waals surface area contributed by atoms with Crippen LogP contribution in [-0.2, 0) is 30.4 Å². The molecule has 6 nitrogen and oxygen atoms in total. The smallest absolute Gasteiger partial charge is 0.418 e. The Kier molecular flexibility index (Phi) is 6.33. The first-order valence-corrected chi connectivity index (χ1v) is 11.9. The van der Waals surface area contributed by atoms with Gasteiger partial charge >= 0.3 is 6.18 Å². The molecule has 5 rings (SSSR count). The number of anilines is 1. The molecule has 2 heterocycles. The number of aryl methyl sites for hydroxylation is 1. The number of hydrogen-bond acceptors (Lipinski definition) is 3. The Balaban J connectivity index is 1.57. The number of alkyl halides is 3. The van der Waals surface area contributed by atoms with Gasteiger partial charge in [0.1, 0.15) is 12.3 Å². The minimum atomic E-state index is -4.65. The lowest BCUT2D eigenvalue weighted by Gasteiger charge is -2.20. The van der Waals surface area contributed by atoms with Crippen LogP contribution >= 0.6 is 11.6 Å². The lowest BCUT2D eigenvalue weighted by atomic mass is 10.0. The molecule has 0 saturated carbocycles. The van der Waals surface area contributed by atoms with Crippen LogP contribution in [0.2, 0.25) is 5.02 Å². The highest BCUT2D eigenvalue weighted by atomic mass is 35.5. The molecule has 1 aliphatic rings. The maximum Gasteiger partial charge on any atom is 0.418 e. The van der Waals surface area contributed by atoms with Gasteiger partial charge in [0.25, 0.3) is 5.56 Å². The summed E-state index contributed by atoms with van der Waals surface area (Å²) in [6, 6.07) is 17.0. The van der Waals surface area contributed by atoms with Gasteiger partial charge in [0.05, 0.1) is 22.5 Å². The first-order chi connectivity index (χ1) is 17.7. The molecule has 0 fully saturated rings. The number of amides is 1. The SMILES string of the molecule is CCc1ccc(-n2c(=O)c3c(n2CC(=O)Nc2ccccc2C(F)(F)F)Oc2ccc(Cl)cc2C3)cc1.